The van der Waals surface area contributed by atoms with Crippen LogP contribution in [0.15, 0.2) is 10.5 Å². The van der Waals surface area contributed by atoms with Crippen LogP contribution in [0.25, 0.3) is 0 Å². The van der Waals surface area contributed by atoms with E-state index >= 15 is 0 Å². The van der Waals surface area contributed by atoms with Crippen molar-refractivity contribution in [2.45, 2.75) is 25.4 Å². The van der Waals surface area contributed by atoms with Crippen LogP contribution in [0.1, 0.15) is 17.7 Å². The summed E-state index contributed by atoms with van der Waals surface area (Å²) in [4.78, 5) is 14.3. The lowest BCUT2D eigenvalue weighted by molar-refractivity contribution is -0.132. The van der Waals surface area contributed by atoms with E-state index < -0.39 is 0 Å². The molecule has 1 aromatic rings. The van der Waals surface area contributed by atoms with Crippen LogP contribution in [0, 0.1) is 0 Å². The molecule has 1 atom stereocenters. The summed E-state index contributed by atoms with van der Waals surface area (Å²) in [6.45, 7) is 1.60. The summed E-state index contributed by atoms with van der Waals surface area (Å²) >= 11 is 11.0. The summed E-state index contributed by atoms with van der Waals surface area (Å²) in [6.07, 6.45) is 1.56. The van der Waals surface area contributed by atoms with Gasteiger partial charge in [-0.25, -0.2) is 0 Å². The molecule has 6 heteroatoms. The van der Waals surface area contributed by atoms with Gasteiger partial charge in [0.1, 0.15) is 4.34 Å². The molecule has 94 valence electrons. The number of nitrogens with one attached hydrogen (secondary N) is 1. The predicted octanol–water partition coefficient (Wildman–Crippen LogP) is 2.87. The smallest absolute Gasteiger partial charge is 0.222 e. The average Bonchev–Trinajstić information content (AvgIpc) is 2.60. The van der Waals surface area contributed by atoms with E-state index in [9.17, 15) is 4.79 Å². The number of hydrogen-bond donors (Lipinski definition) is 1. The van der Waals surface area contributed by atoms with E-state index in [0.29, 0.717) is 12.5 Å². The van der Waals surface area contributed by atoms with Gasteiger partial charge in [0.25, 0.3) is 0 Å². The van der Waals surface area contributed by atoms with Crippen LogP contribution >= 0.6 is 38.9 Å². The van der Waals surface area contributed by atoms with E-state index in [4.69, 9.17) is 11.6 Å². The molecule has 2 rings (SSSR count). The summed E-state index contributed by atoms with van der Waals surface area (Å²) in [5.41, 5.74) is 0. The Kier molecular flexibility index (Phi) is 4.47. The monoisotopic (exact) mass is 336 g/mol. The Morgan fingerprint density at radius 1 is 1.71 bits per heavy atom. The van der Waals surface area contributed by atoms with Crippen molar-refractivity contribution in [2.24, 2.45) is 0 Å². The van der Waals surface area contributed by atoms with Gasteiger partial charge in [0.15, 0.2) is 0 Å². The standard InChI is InChI=1S/C11H14BrClN2OS/c1-15-6-7(2-3-10(15)16)14-5-8-4-9(12)11(13)17-8/h4,7,14H,2-3,5-6H2,1H3. The van der Waals surface area contributed by atoms with Crippen molar-refractivity contribution in [3.05, 3.63) is 19.8 Å². The van der Waals surface area contributed by atoms with Crippen molar-refractivity contribution in [3.63, 3.8) is 0 Å². The first-order chi connectivity index (χ1) is 8.06. The fourth-order valence-corrected chi connectivity index (χ4v) is 3.64. The summed E-state index contributed by atoms with van der Waals surface area (Å²) in [7, 11) is 1.86. The van der Waals surface area contributed by atoms with Gasteiger partial charge in [-0.05, 0) is 28.4 Å². The van der Waals surface area contributed by atoms with Gasteiger partial charge in [-0.3, -0.25) is 4.79 Å². The van der Waals surface area contributed by atoms with Crippen LogP contribution in [0.5, 0.6) is 0 Å². The normalized spacial score (nSPS) is 21.0. The fraction of sp³-hybridized carbons (Fsp3) is 0.545. The Bertz CT molecular complexity index is 404. The number of likely N-dealkylation sites (N-methyl/N-ethyl adjacent to an activating group) is 1. The molecule has 1 fully saturated rings. The minimum Gasteiger partial charge on any atom is -0.344 e. The van der Waals surface area contributed by atoms with Crippen LogP contribution in [-0.2, 0) is 11.3 Å². The van der Waals surface area contributed by atoms with Gasteiger partial charge in [0.05, 0.1) is 0 Å². The Morgan fingerprint density at radius 3 is 3.06 bits per heavy atom. The molecule has 3 nitrogen and oxygen atoms in total. The number of piperidine rings is 1. The summed E-state index contributed by atoms with van der Waals surface area (Å²) in [5.74, 6) is 0.241. The second kappa shape index (κ2) is 5.69. The van der Waals surface area contributed by atoms with E-state index in [1.165, 1.54) is 4.88 Å². The van der Waals surface area contributed by atoms with Gasteiger partial charge < -0.3 is 10.2 Å². The summed E-state index contributed by atoms with van der Waals surface area (Å²) in [6, 6.07) is 2.43. The lowest BCUT2D eigenvalue weighted by atomic mass is 10.1. The first kappa shape index (κ1) is 13.3. The fourth-order valence-electron chi connectivity index (χ4n) is 1.90. The number of hydrogen-bond acceptors (Lipinski definition) is 3. The average molecular weight is 338 g/mol. The number of rotatable bonds is 3. The van der Waals surface area contributed by atoms with Gasteiger partial charge >= 0.3 is 0 Å². The van der Waals surface area contributed by atoms with E-state index in [1.54, 1.807) is 16.2 Å². The second-order valence-electron chi connectivity index (χ2n) is 4.23. The first-order valence-corrected chi connectivity index (χ1v) is 7.46. The zero-order valence-electron chi connectivity index (χ0n) is 9.50. The highest BCUT2D eigenvalue weighted by Gasteiger charge is 2.22. The van der Waals surface area contributed by atoms with Gasteiger partial charge in [0, 0.05) is 41.9 Å². The number of likely N-dealkylation sites (tertiary alicyclic amines) is 1. The quantitative estimate of drug-likeness (QED) is 0.920. The van der Waals surface area contributed by atoms with E-state index in [-0.39, 0.29) is 5.91 Å². The number of thiophene rings is 1. The molecular weight excluding hydrogens is 324 g/mol. The third kappa shape index (κ3) is 3.44. The Labute approximate surface area is 118 Å². The summed E-state index contributed by atoms with van der Waals surface area (Å²) in [5, 5.41) is 3.47. The molecule has 0 radical (unpaired) electrons. The van der Waals surface area contributed by atoms with Gasteiger partial charge in [0.2, 0.25) is 5.91 Å². The molecule has 1 unspecified atom stereocenters. The lowest BCUT2D eigenvalue weighted by Crippen LogP contribution is -2.46. The van der Waals surface area contributed by atoms with Crippen molar-refractivity contribution in [2.75, 3.05) is 13.6 Å². The molecule has 0 saturated carbocycles. The van der Waals surface area contributed by atoms with Crippen LogP contribution in [0.4, 0.5) is 0 Å². The zero-order chi connectivity index (χ0) is 12.4. The Balaban J connectivity index is 1.84. The third-order valence-corrected chi connectivity index (χ3v) is 5.36. The number of nitrogens with zero attached hydrogens (tertiary/aromatic N) is 1. The molecule has 1 N–H and O–H groups in total. The topological polar surface area (TPSA) is 32.3 Å². The SMILES string of the molecule is CN1CC(NCc2cc(Br)c(Cl)s2)CCC1=O. The Hall–Kier alpha value is -0.100. The number of amides is 1. The van der Waals surface area contributed by atoms with Crippen molar-refractivity contribution in [1.29, 1.82) is 0 Å². The highest BCUT2D eigenvalue weighted by Crippen LogP contribution is 2.31. The van der Waals surface area contributed by atoms with Crippen molar-refractivity contribution < 1.29 is 4.79 Å². The molecule has 1 aromatic heterocycles. The molecule has 0 aromatic carbocycles. The maximum Gasteiger partial charge on any atom is 0.222 e. The third-order valence-electron chi connectivity index (χ3n) is 2.89. The molecule has 1 aliphatic rings. The van der Waals surface area contributed by atoms with Gasteiger partial charge in [-0.1, -0.05) is 11.6 Å². The van der Waals surface area contributed by atoms with Gasteiger partial charge in [-0.2, -0.15) is 0 Å². The molecule has 0 bridgehead atoms. The van der Waals surface area contributed by atoms with Crippen LogP contribution in [0.2, 0.25) is 4.34 Å². The van der Waals surface area contributed by atoms with Crippen molar-refractivity contribution >= 4 is 44.8 Å². The highest BCUT2D eigenvalue weighted by atomic mass is 79.9. The molecular formula is C11H14BrClN2OS. The van der Waals surface area contributed by atoms with Gasteiger partial charge in [-0.15, -0.1) is 11.3 Å². The Morgan fingerprint density at radius 2 is 2.47 bits per heavy atom. The summed E-state index contributed by atoms with van der Waals surface area (Å²) < 4.78 is 1.75. The van der Waals surface area contributed by atoms with Crippen molar-refractivity contribution in [3.8, 4) is 0 Å². The molecule has 17 heavy (non-hydrogen) atoms. The molecule has 1 aliphatic heterocycles. The van der Waals surface area contributed by atoms with Crippen molar-refractivity contribution in [1.82, 2.24) is 10.2 Å². The maximum atomic E-state index is 11.3. The zero-order valence-corrected chi connectivity index (χ0v) is 12.7. The predicted molar refractivity (Wildman–Crippen MR) is 74.5 cm³/mol. The number of carbonyl (C=O) groups excluding carboxylic acids is 1. The van der Waals surface area contributed by atoms with Crippen LogP contribution in [-0.4, -0.2) is 30.4 Å². The van der Waals surface area contributed by atoms with E-state index in [2.05, 4.69) is 21.2 Å². The molecule has 0 aliphatic carbocycles. The number of halogens is 2. The minimum atomic E-state index is 0.241. The molecule has 2 heterocycles. The second-order valence-corrected chi connectivity index (χ2v) is 6.82. The minimum absolute atomic E-state index is 0.241. The largest absolute Gasteiger partial charge is 0.344 e. The first-order valence-electron chi connectivity index (χ1n) is 5.47. The highest BCUT2D eigenvalue weighted by molar-refractivity contribution is 9.10. The molecule has 1 amide bonds. The lowest BCUT2D eigenvalue weighted by Gasteiger charge is -2.30. The van der Waals surface area contributed by atoms with E-state index in [0.717, 1.165) is 28.3 Å². The van der Waals surface area contributed by atoms with E-state index in [1.807, 2.05) is 13.1 Å². The maximum absolute atomic E-state index is 11.3. The van der Waals surface area contributed by atoms with Crippen LogP contribution in [0.3, 0.4) is 0 Å². The molecule has 0 spiro atoms. The van der Waals surface area contributed by atoms with Crippen LogP contribution < -0.4 is 5.32 Å². The number of carbonyl (C=O) groups is 1. The molecule has 1 saturated heterocycles.